The first kappa shape index (κ1) is 15.0. The third kappa shape index (κ3) is 7.08. The molecular weight excluding hydrogens is 242 g/mol. The van der Waals surface area contributed by atoms with Gasteiger partial charge >= 0.3 is 6.09 Å². The summed E-state index contributed by atoms with van der Waals surface area (Å²) in [6.07, 6.45) is -0.549. The average molecular weight is 263 g/mol. The Morgan fingerprint density at radius 3 is 2.47 bits per heavy atom. The zero-order chi connectivity index (χ0) is 14.3. The molecule has 1 aromatic carbocycles. The molecule has 19 heavy (non-hydrogen) atoms. The number of rotatable bonds is 4. The predicted octanol–water partition coefficient (Wildman–Crippen LogP) is 3.00. The van der Waals surface area contributed by atoms with Crippen LogP contribution < -0.4 is 10.7 Å². The van der Waals surface area contributed by atoms with Crippen molar-refractivity contribution in [1.29, 1.82) is 0 Å². The minimum Gasteiger partial charge on any atom is -0.443 e. The van der Waals surface area contributed by atoms with Crippen LogP contribution in [0.2, 0.25) is 0 Å². The lowest BCUT2D eigenvalue weighted by Gasteiger charge is -2.18. The summed E-state index contributed by atoms with van der Waals surface area (Å²) in [7, 11) is 0. The Balaban J connectivity index is 2.35. The zero-order valence-corrected chi connectivity index (χ0v) is 11.9. The number of nitrogens with zero attached hydrogens (tertiary/aromatic N) is 1. The summed E-state index contributed by atoms with van der Waals surface area (Å²) in [4.78, 5) is 11.4. The SMILES string of the molecule is C/C(CNc1ccccc1)=N\NC(=O)OC(C)(C)C. The fourth-order valence-corrected chi connectivity index (χ4v) is 1.27. The number of para-hydroxylation sites is 1. The summed E-state index contributed by atoms with van der Waals surface area (Å²) in [5.41, 5.74) is 3.61. The van der Waals surface area contributed by atoms with E-state index >= 15 is 0 Å². The largest absolute Gasteiger partial charge is 0.443 e. The van der Waals surface area contributed by atoms with Crippen molar-refractivity contribution in [2.75, 3.05) is 11.9 Å². The molecule has 1 aromatic rings. The summed E-state index contributed by atoms with van der Waals surface area (Å²) in [6.45, 7) is 7.80. The van der Waals surface area contributed by atoms with E-state index in [1.54, 1.807) is 20.8 Å². The molecule has 0 radical (unpaired) electrons. The van der Waals surface area contributed by atoms with Crippen molar-refractivity contribution in [3.63, 3.8) is 0 Å². The van der Waals surface area contributed by atoms with Crippen LogP contribution in [0.5, 0.6) is 0 Å². The van der Waals surface area contributed by atoms with Crippen LogP contribution in [-0.2, 0) is 4.74 Å². The summed E-state index contributed by atoms with van der Waals surface area (Å²) in [5.74, 6) is 0. The zero-order valence-electron chi connectivity index (χ0n) is 11.9. The highest BCUT2D eigenvalue weighted by Crippen LogP contribution is 2.06. The topological polar surface area (TPSA) is 62.7 Å². The van der Waals surface area contributed by atoms with Crippen LogP contribution in [0.15, 0.2) is 35.4 Å². The van der Waals surface area contributed by atoms with Crippen LogP contribution in [0.3, 0.4) is 0 Å². The Kier molecular flexibility index (Phi) is 5.36. The molecule has 5 heteroatoms. The van der Waals surface area contributed by atoms with Crippen LogP contribution >= 0.6 is 0 Å². The summed E-state index contributed by atoms with van der Waals surface area (Å²) < 4.78 is 5.07. The second-order valence-corrected chi connectivity index (χ2v) is 5.18. The molecule has 0 aliphatic carbocycles. The van der Waals surface area contributed by atoms with Crippen molar-refractivity contribution in [2.24, 2.45) is 5.10 Å². The van der Waals surface area contributed by atoms with E-state index in [1.807, 2.05) is 37.3 Å². The maximum atomic E-state index is 11.4. The maximum Gasteiger partial charge on any atom is 0.428 e. The standard InChI is InChI=1S/C14H21N3O2/c1-11(10-15-12-8-6-5-7-9-12)16-17-13(18)19-14(2,3)4/h5-9,15H,10H2,1-4H3,(H,17,18)/b16-11+. The minimum absolute atomic E-state index is 0.518. The quantitative estimate of drug-likeness (QED) is 0.648. The van der Waals surface area contributed by atoms with Gasteiger partial charge in [0.1, 0.15) is 5.60 Å². The molecule has 0 spiro atoms. The lowest BCUT2D eigenvalue weighted by molar-refractivity contribution is 0.0529. The van der Waals surface area contributed by atoms with Crippen LogP contribution in [0.1, 0.15) is 27.7 Å². The van der Waals surface area contributed by atoms with E-state index in [4.69, 9.17) is 4.74 Å². The number of ether oxygens (including phenoxy) is 1. The molecule has 0 bridgehead atoms. The Bertz CT molecular complexity index is 436. The fraction of sp³-hybridized carbons (Fsp3) is 0.429. The Morgan fingerprint density at radius 1 is 1.26 bits per heavy atom. The number of carbonyl (C=O) groups excluding carboxylic acids is 1. The third-order valence-corrected chi connectivity index (χ3v) is 2.06. The van der Waals surface area contributed by atoms with Gasteiger partial charge in [0.2, 0.25) is 0 Å². The number of hydrogen-bond acceptors (Lipinski definition) is 4. The molecule has 5 nitrogen and oxygen atoms in total. The highest BCUT2D eigenvalue weighted by atomic mass is 16.6. The van der Waals surface area contributed by atoms with Crippen molar-refractivity contribution in [1.82, 2.24) is 5.43 Å². The molecular formula is C14H21N3O2. The third-order valence-electron chi connectivity index (χ3n) is 2.06. The van der Waals surface area contributed by atoms with E-state index in [2.05, 4.69) is 15.8 Å². The predicted molar refractivity (Wildman–Crippen MR) is 77.4 cm³/mol. The Morgan fingerprint density at radius 2 is 1.89 bits per heavy atom. The number of benzene rings is 1. The van der Waals surface area contributed by atoms with Crippen molar-refractivity contribution in [3.8, 4) is 0 Å². The highest BCUT2D eigenvalue weighted by Gasteiger charge is 2.15. The van der Waals surface area contributed by atoms with Gasteiger partial charge in [-0.2, -0.15) is 5.10 Å². The van der Waals surface area contributed by atoms with Gasteiger partial charge in [0, 0.05) is 5.69 Å². The van der Waals surface area contributed by atoms with Gasteiger partial charge in [-0.05, 0) is 39.8 Å². The molecule has 0 heterocycles. The summed E-state index contributed by atoms with van der Waals surface area (Å²) in [5, 5.41) is 7.15. The van der Waals surface area contributed by atoms with Crippen LogP contribution in [0.25, 0.3) is 0 Å². The fourth-order valence-electron chi connectivity index (χ4n) is 1.27. The van der Waals surface area contributed by atoms with E-state index < -0.39 is 11.7 Å². The first-order valence-corrected chi connectivity index (χ1v) is 6.18. The average Bonchev–Trinajstić information content (AvgIpc) is 2.33. The second-order valence-electron chi connectivity index (χ2n) is 5.18. The molecule has 1 amide bonds. The van der Waals surface area contributed by atoms with Gasteiger partial charge in [0.25, 0.3) is 0 Å². The number of hydrazone groups is 1. The van der Waals surface area contributed by atoms with E-state index in [-0.39, 0.29) is 0 Å². The normalized spacial score (nSPS) is 11.9. The number of hydrogen-bond donors (Lipinski definition) is 2. The van der Waals surface area contributed by atoms with Gasteiger partial charge in [0.15, 0.2) is 0 Å². The Hall–Kier alpha value is -2.04. The van der Waals surface area contributed by atoms with Crippen molar-refractivity contribution in [2.45, 2.75) is 33.3 Å². The lowest BCUT2D eigenvalue weighted by atomic mass is 10.2. The van der Waals surface area contributed by atoms with Gasteiger partial charge in [0.05, 0.1) is 12.3 Å². The highest BCUT2D eigenvalue weighted by molar-refractivity contribution is 5.86. The number of amides is 1. The van der Waals surface area contributed by atoms with Gasteiger partial charge < -0.3 is 10.1 Å². The van der Waals surface area contributed by atoms with Gasteiger partial charge in [-0.1, -0.05) is 18.2 Å². The molecule has 0 unspecified atom stereocenters. The van der Waals surface area contributed by atoms with E-state index in [1.165, 1.54) is 0 Å². The molecule has 0 saturated carbocycles. The first-order chi connectivity index (χ1) is 8.87. The number of carbonyl (C=O) groups is 1. The van der Waals surface area contributed by atoms with E-state index in [0.717, 1.165) is 11.4 Å². The molecule has 0 aromatic heterocycles. The molecule has 0 saturated heterocycles. The van der Waals surface area contributed by atoms with Gasteiger partial charge in [-0.15, -0.1) is 0 Å². The van der Waals surface area contributed by atoms with Crippen molar-refractivity contribution >= 4 is 17.5 Å². The van der Waals surface area contributed by atoms with Crippen molar-refractivity contribution < 1.29 is 9.53 Å². The molecule has 2 N–H and O–H groups in total. The number of nitrogens with one attached hydrogen (secondary N) is 2. The molecule has 0 aliphatic heterocycles. The molecule has 0 aliphatic rings. The van der Waals surface area contributed by atoms with Crippen LogP contribution in [0, 0.1) is 0 Å². The summed E-state index contributed by atoms with van der Waals surface area (Å²) in [6, 6.07) is 9.79. The molecule has 104 valence electrons. The number of anilines is 1. The maximum absolute atomic E-state index is 11.4. The second kappa shape index (κ2) is 6.78. The molecule has 0 fully saturated rings. The van der Waals surface area contributed by atoms with Crippen LogP contribution in [-0.4, -0.2) is 24.0 Å². The lowest BCUT2D eigenvalue weighted by Crippen LogP contribution is -2.30. The van der Waals surface area contributed by atoms with E-state index in [9.17, 15) is 4.79 Å². The molecule has 1 rings (SSSR count). The first-order valence-electron chi connectivity index (χ1n) is 6.18. The smallest absolute Gasteiger partial charge is 0.428 e. The monoisotopic (exact) mass is 263 g/mol. The van der Waals surface area contributed by atoms with E-state index in [0.29, 0.717) is 6.54 Å². The van der Waals surface area contributed by atoms with Crippen LogP contribution in [0.4, 0.5) is 10.5 Å². The minimum atomic E-state index is -0.549. The van der Waals surface area contributed by atoms with Gasteiger partial charge in [-0.25, -0.2) is 10.2 Å². The summed E-state index contributed by atoms with van der Waals surface area (Å²) >= 11 is 0. The molecule has 0 atom stereocenters. The van der Waals surface area contributed by atoms with Crippen molar-refractivity contribution in [3.05, 3.63) is 30.3 Å². The Labute approximate surface area is 114 Å². The van der Waals surface area contributed by atoms with Gasteiger partial charge in [-0.3, -0.25) is 0 Å².